The normalized spacial score (nSPS) is 11.0. The van der Waals surface area contributed by atoms with E-state index in [9.17, 15) is 4.79 Å². The maximum atomic E-state index is 12.1. The van der Waals surface area contributed by atoms with Crippen LogP contribution in [0, 0.1) is 0 Å². The maximum absolute atomic E-state index is 12.1. The molecule has 6 heteroatoms. The smallest absolute Gasteiger partial charge is 0.293 e. The number of aromatic nitrogens is 1. The van der Waals surface area contributed by atoms with Gasteiger partial charge in [0.25, 0.3) is 5.91 Å². The highest BCUT2D eigenvalue weighted by Gasteiger charge is 2.21. The van der Waals surface area contributed by atoms with Gasteiger partial charge in [0.2, 0.25) is 11.8 Å². The Hall–Kier alpha value is -2.34. The molecule has 0 bridgehead atoms. The summed E-state index contributed by atoms with van der Waals surface area (Å²) in [7, 11) is 0. The fourth-order valence-corrected chi connectivity index (χ4v) is 2.54. The quantitative estimate of drug-likeness (QED) is 0.777. The highest BCUT2D eigenvalue weighted by Crippen LogP contribution is 2.32. The molecule has 1 N–H and O–H groups in total. The molecule has 108 valence electrons. The van der Waals surface area contributed by atoms with Crippen molar-refractivity contribution < 1.29 is 13.6 Å². The molecule has 21 heavy (non-hydrogen) atoms. The van der Waals surface area contributed by atoms with Crippen molar-refractivity contribution >= 4 is 23.1 Å². The lowest BCUT2D eigenvalue weighted by atomic mass is 10.1. The monoisotopic (exact) mass is 302 g/mol. The molecule has 0 saturated carbocycles. The van der Waals surface area contributed by atoms with Crippen molar-refractivity contribution in [2.45, 2.75) is 19.8 Å². The molecule has 0 aliphatic heterocycles. The predicted molar refractivity (Wildman–Crippen MR) is 80.6 cm³/mol. The molecule has 0 fully saturated rings. The van der Waals surface area contributed by atoms with Crippen molar-refractivity contribution in [1.29, 1.82) is 0 Å². The number of carbonyl (C=O) groups excluding carboxylic acids is 1. The number of hydrogen-bond acceptors (Lipinski definition) is 5. The van der Waals surface area contributed by atoms with Crippen LogP contribution in [0.3, 0.4) is 0 Å². The number of hydrogen-bond donors (Lipinski definition) is 1. The first-order valence-corrected chi connectivity index (χ1v) is 7.42. The Balaban J connectivity index is 1.92. The summed E-state index contributed by atoms with van der Waals surface area (Å²) >= 11 is 1.54. The summed E-state index contributed by atoms with van der Waals surface area (Å²) < 4.78 is 10.8. The summed E-state index contributed by atoms with van der Waals surface area (Å²) in [5, 5.41) is 4.67. The third-order valence-electron chi connectivity index (χ3n) is 2.90. The third kappa shape index (κ3) is 2.75. The lowest BCUT2D eigenvalue weighted by molar-refractivity contribution is 0.0994. The molecule has 0 atom stereocenters. The molecule has 0 aliphatic carbocycles. The molecule has 0 aromatic carbocycles. The minimum absolute atomic E-state index is 0.134. The van der Waals surface area contributed by atoms with Crippen LogP contribution in [-0.2, 0) is 0 Å². The van der Waals surface area contributed by atoms with Gasteiger partial charge in [0, 0.05) is 5.92 Å². The number of nitrogens with zero attached hydrogens (tertiary/aromatic N) is 1. The second kappa shape index (κ2) is 5.57. The van der Waals surface area contributed by atoms with E-state index in [1.807, 2.05) is 31.4 Å². The minimum atomic E-state index is -0.351. The number of nitrogens with one attached hydrogen (secondary N) is 1. The van der Waals surface area contributed by atoms with Gasteiger partial charge in [-0.15, -0.1) is 11.3 Å². The number of rotatable bonds is 4. The van der Waals surface area contributed by atoms with Crippen LogP contribution in [0.25, 0.3) is 10.8 Å². The van der Waals surface area contributed by atoms with Gasteiger partial charge in [0.15, 0.2) is 5.76 Å². The van der Waals surface area contributed by atoms with Crippen LogP contribution in [0.1, 0.15) is 36.0 Å². The van der Waals surface area contributed by atoms with Gasteiger partial charge < -0.3 is 8.83 Å². The number of amides is 1. The number of furan rings is 1. The molecule has 0 radical (unpaired) electrons. The number of oxazole rings is 1. The molecular weight excluding hydrogens is 288 g/mol. The molecule has 0 unspecified atom stereocenters. The van der Waals surface area contributed by atoms with E-state index in [-0.39, 0.29) is 17.6 Å². The second-order valence-corrected chi connectivity index (χ2v) is 5.74. The molecule has 0 spiro atoms. The lowest BCUT2D eigenvalue weighted by Gasteiger charge is -2.03. The van der Waals surface area contributed by atoms with Crippen LogP contribution in [0.5, 0.6) is 0 Å². The van der Waals surface area contributed by atoms with Crippen LogP contribution in [0.4, 0.5) is 5.88 Å². The van der Waals surface area contributed by atoms with Gasteiger partial charge in [0.1, 0.15) is 5.69 Å². The zero-order valence-electron chi connectivity index (χ0n) is 11.6. The van der Waals surface area contributed by atoms with Gasteiger partial charge in [-0.25, -0.2) is 4.98 Å². The summed E-state index contributed by atoms with van der Waals surface area (Å²) in [5.74, 6) is 0.905. The molecule has 0 aliphatic rings. The Morgan fingerprint density at radius 1 is 1.33 bits per heavy atom. The van der Waals surface area contributed by atoms with Crippen LogP contribution in [-0.4, -0.2) is 10.9 Å². The van der Waals surface area contributed by atoms with E-state index in [2.05, 4.69) is 10.3 Å². The SMILES string of the molecule is CC(C)c1nc(-c2cccs2)oc1NC(=O)c1ccco1. The minimum Gasteiger partial charge on any atom is -0.459 e. The summed E-state index contributed by atoms with van der Waals surface area (Å²) in [6.07, 6.45) is 1.45. The number of thiophene rings is 1. The Labute approximate surface area is 125 Å². The molecule has 3 aromatic heterocycles. The summed E-state index contributed by atoms with van der Waals surface area (Å²) in [6.45, 7) is 4.00. The average molecular weight is 302 g/mol. The van der Waals surface area contributed by atoms with Gasteiger partial charge >= 0.3 is 0 Å². The number of anilines is 1. The third-order valence-corrected chi connectivity index (χ3v) is 3.76. The van der Waals surface area contributed by atoms with Gasteiger partial charge in [-0.05, 0) is 23.6 Å². The van der Waals surface area contributed by atoms with Crippen LogP contribution in [0.15, 0.2) is 44.7 Å². The summed E-state index contributed by atoms with van der Waals surface area (Å²) in [4.78, 5) is 17.5. The fraction of sp³-hybridized carbons (Fsp3) is 0.200. The van der Waals surface area contributed by atoms with E-state index in [4.69, 9.17) is 8.83 Å². The Bertz CT molecular complexity index is 727. The molecule has 3 rings (SSSR count). The van der Waals surface area contributed by atoms with E-state index in [1.54, 1.807) is 12.1 Å². The topological polar surface area (TPSA) is 68.3 Å². The zero-order chi connectivity index (χ0) is 14.8. The van der Waals surface area contributed by atoms with Gasteiger partial charge in [0.05, 0.1) is 11.1 Å². The van der Waals surface area contributed by atoms with Crippen LogP contribution in [0.2, 0.25) is 0 Å². The van der Waals surface area contributed by atoms with Crippen molar-refractivity contribution in [3.8, 4) is 10.8 Å². The van der Waals surface area contributed by atoms with E-state index < -0.39 is 0 Å². The van der Waals surface area contributed by atoms with Crippen LogP contribution < -0.4 is 5.32 Å². The zero-order valence-corrected chi connectivity index (χ0v) is 12.4. The number of carbonyl (C=O) groups is 1. The molecule has 5 nitrogen and oxygen atoms in total. The van der Waals surface area contributed by atoms with Crippen molar-refractivity contribution in [2.24, 2.45) is 0 Å². The van der Waals surface area contributed by atoms with E-state index in [1.165, 1.54) is 17.6 Å². The van der Waals surface area contributed by atoms with Crippen molar-refractivity contribution in [3.05, 3.63) is 47.4 Å². The second-order valence-electron chi connectivity index (χ2n) is 4.80. The largest absolute Gasteiger partial charge is 0.459 e. The first kappa shape index (κ1) is 13.6. The summed E-state index contributed by atoms with van der Waals surface area (Å²) in [6, 6.07) is 7.12. The maximum Gasteiger partial charge on any atom is 0.293 e. The molecule has 3 aromatic rings. The van der Waals surface area contributed by atoms with Gasteiger partial charge in [-0.1, -0.05) is 19.9 Å². The fourth-order valence-electron chi connectivity index (χ4n) is 1.89. The van der Waals surface area contributed by atoms with Crippen molar-refractivity contribution in [3.63, 3.8) is 0 Å². The van der Waals surface area contributed by atoms with Crippen molar-refractivity contribution in [2.75, 3.05) is 5.32 Å². The molecular formula is C15H14N2O3S. The highest BCUT2D eigenvalue weighted by molar-refractivity contribution is 7.13. The first-order valence-electron chi connectivity index (χ1n) is 6.54. The van der Waals surface area contributed by atoms with E-state index in [0.717, 1.165) is 10.6 Å². The average Bonchev–Trinajstić information content (AvgIpc) is 3.20. The van der Waals surface area contributed by atoms with Crippen LogP contribution >= 0.6 is 11.3 Å². The highest BCUT2D eigenvalue weighted by atomic mass is 32.1. The predicted octanol–water partition coefficient (Wildman–Crippen LogP) is 4.37. The van der Waals surface area contributed by atoms with E-state index >= 15 is 0 Å². The standard InChI is InChI=1S/C15H14N2O3S/c1-9(2)12-15(17-13(18)10-5-3-7-19-10)20-14(16-12)11-6-4-8-21-11/h3-9H,1-2H3,(H,17,18). The molecule has 3 heterocycles. The lowest BCUT2D eigenvalue weighted by Crippen LogP contribution is -2.12. The van der Waals surface area contributed by atoms with Crippen molar-refractivity contribution in [1.82, 2.24) is 4.98 Å². The summed E-state index contributed by atoms with van der Waals surface area (Å²) in [5.41, 5.74) is 0.721. The first-order chi connectivity index (χ1) is 10.1. The molecule has 0 saturated heterocycles. The molecule has 1 amide bonds. The van der Waals surface area contributed by atoms with Gasteiger partial charge in [-0.3, -0.25) is 10.1 Å². The Morgan fingerprint density at radius 3 is 2.81 bits per heavy atom. The van der Waals surface area contributed by atoms with Gasteiger partial charge in [-0.2, -0.15) is 0 Å². The van der Waals surface area contributed by atoms with E-state index in [0.29, 0.717) is 11.8 Å². The Kier molecular flexibility index (Phi) is 3.62. The Morgan fingerprint density at radius 2 is 2.19 bits per heavy atom.